The molecule has 0 aliphatic heterocycles. The number of amides is 2. The fraction of sp³-hybridized carbons (Fsp3) is 0.421. The second-order valence-corrected chi connectivity index (χ2v) is 6.39. The van der Waals surface area contributed by atoms with Gasteiger partial charge in [0.15, 0.2) is 5.69 Å². The molecule has 140 valence electrons. The predicted molar refractivity (Wildman–Crippen MR) is 100 cm³/mol. The van der Waals surface area contributed by atoms with Crippen molar-refractivity contribution in [2.24, 2.45) is 13.0 Å². The number of nitrogens with zero attached hydrogens (tertiary/aromatic N) is 2. The quantitative estimate of drug-likeness (QED) is 0.710. The molecule has 0 fully saturated rings. The highest BCUT2D eigenvalue weighted by Gasteiger charge is 2.15. The third-order valence-corrected chi connectivity index (χ3v) is 3.95. The summed E-state index contributed by atoms with van der Waals surface area (Å²) in [5.74, 6) is 0.828. The number of methoxy groups -OCH3 is 1. The van der Waals surface area contributed by atoms with E-state index in [1.54, 1.807) is 20.2 Å². The maximum absolute atomic E-state index is 12.2. The molecule has 0 atom stereocenters. The number of anilines is 1. The minimum Gasteiger partial charge on any atom is -0.497 e. The van der Waals surface area contributed by atoms with Gasteiger partial charge in [0, 0.05) is 25.6 Å². The molecule has 0 bridgehead atoms. The highest BCUT2D eigenvalue weighted by atomic mass is 16.5. The van der Waals surface area contributed by atoms with E-state index in [9.17, 15) is 9.59 Å². The Morgan fingerprint density at radius 1 is 1.27 bits per heavy atom. The summed E-state index contributed by atoms with van der Waals surface area (Å²) in [4.78, 5) is 24.0. The van der Waals surface area contributed by atoms with Gasteiger partial charge in [-0.1, -0.05) is 26.0 Å². The van der Waals surface area contributed by atoms with Crippen molar-refractivity contribution >= 4 is 17.6 Å². The maximum Gasteiger partial charge on any atom is 0.271 e. The molecule has 0 saturated heterocycles. The molecule has 1 aromatic carbocycles. The van der Waals surface area contributed by atoms with Crippen molar-refractivity contribution in [1.29, 1.82) is 0 Å². The Kier molecular flexibility index (Phi) is 6.77. The number of rotatable bonds is 8. The van der Waals surface area contributed by atoms with Gasteiger partial charge in [-0.3, -0.25) is 14.3 Å². The third-order valence-electron chi connectivity index (χ3n) is 3.95. The van der Waals surface area contributed by atoms with E-state index < -0.39 is 0 Å². The van der Waals surface area contributed by atoms with E-state index in [0.717, 1.165) is 24.2 Å². The predicted octanol–water partition coefficient (Wildman–Crippen LogP) is 2.39. The second kappa shape index (κ2) is 9.03. The summed E-state index contributed by atoms with van der Waals surface area (Å²) in [5.41, 5.74) is 1.45. The van der Waals surface area contributed by atoms with Gasteiger partial charge in [0.25, 0.3) is 5.91 Å². The van der Waals surface area contributed by atoms with Crippen LogP contribution in [0.1, 0.15) is 36.3 Å². The molecule has 7 nitrogen and oxygen atoms in total. The van der Waals surface area contributed by atoms with Crippen molar-refractivity contribution in [3.05, 3.63) is 41.6 Å². The van der Waals surface area contributed by atoms with Gasteiger partial charge in [0.2, 0.25) is 5.91 Å². The lowest BCUT2D eigenvalue weighted by molar-refractivity contribution is -0.118. The third kappa shape index (κ3) is 5.34. The van der Waals surface area contributed by atoms with Crippen molar-refractivity contribution in [3.63, 3.8) is 0 Å². The van der Waals surface area contributed by atoms with Crippen molar-refractivity contribution in [2.45, 2.75) is 26.7 Å². The molecule has 1 aromatic heterocycles. The lowest BCUT2D eigenvalue weighted by Crippen LogP contribution is -2.25. The fourth-order valence-corrected chi connectivity index (χ4v) is 2.38. The van der Waals surface area contributed by atoms with Crippen LogP contribution in [-0.2, 0) is 18.3 Å². The molecule has 2 aromatic rings. The summed E-state index contributed by atoms with van der Waals surface area (Å²) >= 11 is 0. The average molecular weight is 358 g/mol. The van der Waals surface area contributed by atoms with Gasteiger partial charge < -0.3 is 15.4 Å². The molecule has 2 N–H and O–H groups in total. The molecular formula is C19H26N4O3. The summed E-state index contributed by atoms with van der Waals surface area (Å²) < 4.78 is 6.69. The smallest absolute Gasteiger partial charge is 0.271 e. The number of carbonyl (C=O) groups excluding carboxylic acids is 2. The Balaban J connectivity index is 1.83. The minimum absolute atomic E-state index is 0.113. The number of aromatic nitrogens is 2. The van der Waals surface area contributed by atoms with Crippen LogP contribution in [0.5, 0.6) is 5.75 Å². The summed E-state index contributed by atoms with van der Waals surface area (Å²) in [6, 6.07) is 9.46. The first-order valence-electron chi connectivity index (χ1n) is 8.66. The van der Waals surface area contributed by atoms with Crippen molar-refractivity contribution in [2.75, 3.05) is 19.0 Å². The molecule has 0 radical (unpaired) electrons. The van der Waals surface area contributed by atoms with E-state index in [-0.39, 0.29) is 23.4 Å². The van der Waals surface area contributed by atoms with Crippen LogP contribution in [-0.4, -0.2) is 35.2 Å². The van der Waals surface area contributed by atoms with Crippen LogP contribution < -0.4 is 15.4 Å². The molecule has 0 saturated carbocycles. The van der Waals surface area contributed by atoms with Crippen molar-refractivity contribution < 1.29 is 14.3 Å². The number of hydrogen-bond acceptors (Lipinski definition) is 4. The van der Waals surface area contributed by atoms with Gasteiger partial charge in [0.05, 0.1) is 7.11 Å². The summed E-state index contributed by atoms with van der Waals surface area (Å²) in [6.45, 7) is 4.16. The standard InChI is InChI=1S/C19H26N4O3/c1-13(2)18(24)21-17-12-16(22-23(17)3)19(25)20-10-6-8-14-7-5-9-15(11-14)26-4/h5,7,9,11-13H,6,8,10H2,1-4H3,(H,20,25)(H,21,24). The molecular weight excluding hydrogens is 332 g/mol. The first kappa shape index (κ1) is 19.5. The molecule has 0 aliphatic carbocycles. The summed E-state index contributed by atoms with van der Waals surface area (Å²) in [7, 11) is 3.33. The molecule has 26 heavy (non-hydrogen) atoms. The van der Waals surface area contributed by atoms with Crippen molar-refractivity contribution in [1.82, 2.24) is 15.1 Å². The van der Waals surface area contributed by atoms with E-state index in [1.165, 1.54) is 4.68 Å². The van der Waals surface area contributed by atoms with Crippen molar-refractivity contribution in [3.8, 4) is 5.75 Å². The monoisotopic (exact) mass is 358 g/mol. The highest BCUT2D eigenvalue weighted by molar-refractivity contribution is 5.95. The normalized spacial score (nSPS) is 10.7. The zero-order valence-corrected chi connectivity index (χ0v) is 15.7. The number of hydrogen-bond donors (Lipinski definition) is 2. The first-order chi connectivity index (χ1) is 12.4. The Hall–Kier alpha value is -2.83. The maximum atomic E-state index is 12.2. The fourth-order valence-electron chi connectivity index (χ4n) is 2.38. The van der Waals surface area contributed by atoms with Gasteiger partial charge >= 0.3 is 0 Å². The Bertz CT molecular complexity index is 768. The second-order valence-electron chi connectivity index (χ2n) is 6.39. The van der Waals surface area contributed by atoms with E-state index in [0.29, 0.717) is 12.4 Å². The molecule has 0 aliphatic rings. The molecule has 0 unspecified atom stereocenters. The summed E-state index contributed by atoms with van der Waals surface area (Å²) in [5, 5.41) is 9.77. The number of ether oxygens (including phenoxy) is 1. The SMILES string of the molecule is COc1cccc(CCCNC(=O)c2cc(NC(=O)C(C)C)n(C)n2)c1. The largest absolute Gasteiger partial charge is 0.497 e. The number of nitrogens with one attached hydrogen (secondary N) is 2. The Morgan fingerprint density at radius 2 is 2.04 bits per heavy atom. The molecule has 2 rings (SSSR count). The van der Waals surface area contributed by atoms with Crippen LogP contribution in [0.2, 0.25) is 0 Å². The van der Waals surface area contributed by atoms with E-state index >= 15 is 0 Å². The molecule has 1 heterocycles. The van der Waals surface area contributed by atoms with Crippen LogP contribution in [0.4, 0.5) is 5.82 Å². The van der Waals surface area contributed by atoms with Crippen LogP contribution in [0.3, 0.4) is 0 Å². The van der Waals surface area contributed by atoms with E-state index in [1.807, 2.05) is 38.1 Å². The van der Waals surface area contributed by atoms with Gasteiger partial charge in [0.1, 0.15) is 11.6 Å². The van der Waals surface area contributed by atoms with Crippen LogP contribution in [0, 0.1) is 5.92 Å². The van der Waals surface area contributed by atoms with Crippen LogP contribution >= 0.6 is 0 Å². The number of aryl methyl sites for hydroxylation is 2. The zero-order valence-electron chi connectivity index (χ0n) is 15.7. The number of carbonyl (C=O) groups is 2. The lowest BCUT2D eigenvalue weighted by Gasteiger charge is -2.06. The number of benzene rings is 1. The average Bonchev–Trinajstić information content (AvgIpc) is 2.99. The topological polar surface area (TPSA) is 85.3 Å². The zero-order chi connectivity index (χ0) is 19.1. The van der Waals surface area contributed by atoms with Gasteiger partial charge in [-0.25, -0.2) is 0 Å². The van der Waals surface area contributed by atoms with Crippen LogP contribution in [0.15, 0.2) is 30.3 Å². The Morgan fingerprint density at radius 3 is 2.73 bits per heavy atom. The minimum atomic E-state index is -0.253. The van der Waals surface area contributed by atoms with Gasteiger partial charge in [-0.05, 0) is 30.5 Å². The Labute approximate surface area is 153 Å². The van der Waals surface area contributed by atoms with E-state index in [4.69, 9.17) is 4.74 Å². The first-order valence-corrected chi connectivity index (χ1v) is 8.66. The molecule has 2 amide bonds. The van der Waals surface area contributed by atoms with E-state index in [2.05, 4.69) is 15.7 Å². The molecule has 7 heteroatoms. The summed E-state index contributed by atoms with van der Waals surface area (Å²) in [6.07, 6.45) is 1.65. The lowest BCUT2D eigenvalue weighted by atomic mass is 10.1. The molecule has 0 spiro atoms. The van der Waals surface area contributed by atoms with Crippen LogP contribution in [0.25, 0.3) is 0 Å². The van der Waals surface area contributed by atoms with Gasteiger partial charge in [-0.2, -0.15) is 5.10 Å². The van der Waals surface area contributed by atoms with Gasteiger partial charge in [-0.15, -0.1) is 0 Å². The highest BCUT2D eigenvalue weighted by Crippen LogP contribution is 2.14.